The zero-order chi connectivity index (χ0) is 6.20. The summed E-state index contributed by atoms with van der Waals surface area (Å²) in [6.45, 7) is 4.16. The normalized spacial score (nSPS) is 22.7. The number of halogens is 1. The molecule has 1 saturated heterocycles. The van der Waals surface area contributed by atoms with E-state index in [0.717, 1.165) is 0 Å². The largest absolute Gasteiger partial charge is 0.273 e. The fourth-order valence-electron chi connectivity index (χ4n) is 0.486. The molecule has 1 rings (SSSR count). The van der Waals surface area contributed by atoms with Crippen molar-refractivity contribution in [2.24, 2.45) is 5.41 Å². The molecular weight excluding hydrogens is 142 g/mol. The average molecular weight is 152 g/mol. The summed E-state index contributed by atoms with van der Waals surface area (Å²) in [4.78, 5) is 15.3. The summed E-state index contributed by atoms with van der Waals surface area (Å²) in [5, 5.41) is 0. The third-order valence-corrected chi connectivity index (χ3v) is 1.21. The molecule has 54 valence electrons. The van der Waals surface area contributed by atoms with Gasteiger partial charge in [-0.25, -0.2) is 5.48 Å². The maximum atomic E-state index is 10.7. The molecule has 0 unspecified atom stereocenters. The van der Waals surface area contributed by atoms with Gasteiger partial charge in [-0.1, -0.05) is 0 Å². The van der Waals surface area contributed by atoms with Crippen LogP contribution in [0.4, 0.5) is 0 Å². The van der Waals surface area contributed by atoms with Crippen LogP contribution >= 0.6 is 12.4 Å². The van der Waals surface area contributed by atoms with Crippen molar-refractivity contribution in [1.29, 1.82) is 0 Å². The Hall–Kier alpha value is -0.280. The quantitative estimate of drug-likeness (QED) is 0.548. The van der Waals surface area contributed by atoms with Crippen LogP contribution < -0.4 is 5.48 Å². The van der Waals surface area contributed by atoms with E-state index in [-0.39, 0.29) is 23.7 Å². The molecule has 1 heterocycles. The summed E-state index contributed by atoms with van der Waals surface area (Å²) in [7, 11) is 0. The van der Waals surface area contributed by atoms with E-state index in [1.165, 1.54) is 0 Å². The van der Waals surface area contributed by atoms with Crippen LogP contribution in [-0.4, -0.2) is 12.5 Å². The highest BCUT2D eigenvalue weighted by Crippen LogP contribution is 2.19. The lowest BCUT2D eigenvalue weighted by Crippen LogP contribution is -2.25. The van der Waals surface area contributed by atoms with Crippen LogP contribution in [0.5, 0.6) is 0 Å². The van der Waals surface area contributed by atoms with Gasteiger partial charge in [0.15, 0.2) is 0 Å². The molecule has 1 amide bonds. The number of nitrogens with one attached hydrogen (secondary N) is 1. The highest BCUT2D eigenvalue weighted by atomic mass is 35.5. The van der Waals surface area contributed by atoms with Crippen molar-refractivity contribution in [2.45, 2.75) is 13.8 Å². The van der Waals surface area contributed by atoms with Gasteiger partial charge in [-0.2, -0.15) is 0 Å². The van der Waals surface area contributed by atoms with E-state index in [1.807, 2.05) is 13.8 Å². The molecule has 0 aliphatic carbocycles. The molecule has 9 heavy (non-hydrogen) atoms. The Kier molecular flexibility index (Phi) is 2.46. The van der Waals surface area contributed by atoms with Gasteiger partial charge in [-0.05, 0) is 13.8 Å². The molecule has 0 aromatic carbocycles. The van der Waals surface area contributed by atoms with Crippen LogP contribution in [-0.2, 0) is 9.63 Å². The second-order valence-corrected chi connectivity index (χ2v) is 2.60. The van der Waals surface area contributed by atoms with Crippen molar-refractivity contribution in [2.75, 3.05) is 6.61 Å². The molecule has 1 aliphatic heterocycles. The van der Waals surface area contributed by atoms with Crippen molar-refractivity contribution in [3.8, 4) is 0 Å². The second kappa shape index (κ2) is 2.54. The molecular formula is C5H10ClNO2. The highest BCUT2D eigenvalue weighted by Gasteiger charge is 2.33. The van der Waals surface area contributed by atoms with E-state index in [1.54, 1.807) is 0 Å². The summed E-state index contributed by atoms with van der Waals surface area (Å²) in [5.74, 6) is -0.0301. The maximum absolute atomic E-state index is 10.7. The molecule has 0 radical (unpaired) electrons. The van der Waals surface area contributed by atoms with E-state index >= 15 is 0 Å². The van der Waals surface area contributed by atoms with E-state index in [0.29, 0.717) is 6.61 Å². The first kappa shape index (κ1) is 8.72. The first-order valence-electron chi connectivity index (χ1n) is 2.55. The van der Waals surface area contributed by atoms with Gasteiger partial charge in [-0.15, -0.1) is 12.4 Å². The van der Waals surface area contributed by atoms with E-state index in [9.17, 15) is 4.79 Å². The van der Waals surface area contributed by atoms with Crippen LogP contribution in [0, 0.1) is 5.41 Å². The Morgan fingerprint density at radius 1 is 1.67 bits per heavy atom. The minimum atomic E-state index is -0.319. The monoisotopic (exact) mass is 151 g/mol. The molecule has 4 heteroatoms. The van der Waals surface area contributed by atoms with Crippen molar-refractivity contribution in [3.63, 3.8) is 0 Å². The van der Waals surface area contributed by atoms with Gasteiger partial charge in [0, 0.05) is 0 Å². The molecule has 3 nitrogen and oxygen atoms in total. The smallest absolute Gasteiger partial charge is 0.251 e. The molecule has 0 aromatic heterocycles. The van der Waals surface area contributed by atoms with Gasteiger partial charge in [0.1, 0.15) is 0 Å². The fourth-order valence-corrected chi connectivity index (χ4v) is 0.486. The van der Waals surface area contributed by atoms with E-state index in [4.69, 9.17) is 0 Å². The summed E-state index contributed by atoms with van der Waals surface area (Å²) >= 11 is 0. The Morgan fingerprint density at radius 2 is 2.22 bits per heavy atom. The number of carbonyl (C=O) groups is 1. The van der Waals surface area contributed by atoms with Crippen molar-refractivity contribution < 1.29 is 9.63 Å². The minimum absolute atomic E-state index is 0. The zero-order valence-electron chi connectivity index (χ0n) is 5.43. The Balaban J connectivity index is 0.000000640. The van der Waals surface area contributed by atoms with Crippen molar-refractivity contribution in [3.05, 3.63) is 0 Å². The number of hydrogen-bond acceptors (Lipinski definition) is 2. The van der Waals surface area contributed by atoms with Gasteiger partial charge in [-0.3, -0.25) is 9.63 Å². The first-order valence-corrected chi connectivity index (χ1v) is 2.55. The third-order valence-electron chi connectivity index (χ3n) is 1.21. The predicted molar refractivity (Wildman–Crippen MR) is 35.1 cm³/mol. The van der Waals surface area contributed by atoms with Gasteiger partial charge < -0.3 is 0 Å². The van der Waals surface area contributed by atoms with Gasteiger partial charge >= 0.3 is 0 Å². The minimum Gasteiger partial charge on any atom is -0.273 e. The molecule has 0 saturated carbocycles. The number of carbonyl (C=O) groups excluding carboxylic acids is 1. The standard InChI is InChI=1S/C5H9NO2.ClH/c1-5(2)3-8-6-4(5)7;/h3H2,1-2H3,(H,6,7);1H. The van der Waals surface area contributed by atoms with Crippen LogP contribution in [0.15, 0.2) is 0 Å². The molecule has 0 atom stereocenters. The van der Waals surface area contributed by atoms with Gasteiger partial charge in [0.05, 0.1) is 12.0 Å². The van der Waals surface area contributed by atoms with Crippen LogP contribution in [0.1, 0.15) is 13.8 Å². The number of hydroxylamine groups is 1. The van der Waals surface area contributed by atoms with E-state index in [2.05, 4.69) is 10.3 Å². The first-order chi connectivity index (χ1) is 3.63. The highest BCUT2D eigenvalue weighted by molar-refractivity contribution is 5.85. The molecule has 1 aliphatic rings. The van der Waals surface area contributed by atoms with Crippen molar-refractivity contribution >= 4 is 18.3 Å². The predicted octanol–water partition coefficient (Wildman–Crippen LogP) is 0.496. The maximum Gasteiger partial charge on any atom is 0.251 e. The lowest BCUT2D eigenvalue weighted by molar-refractivity contribution is -0.128. The van der Waals surface area contributed by atoms with Crippen LogP contribution in [0.2, 0.25) is 0 Å². The number of rotatable bonds is 0. The fraction of sp³-hybridized carbons (Fsp3) is 0.800. The van der Waals surface area contributed by atoms with Crippen molar-refractivity contribution in [1.82, 2.24) is 5.48 Å². The zero-order valence-corrected chi connectivity index (χ0v) is 6.25. The Bertz CT molecular complexity index is 124. The second-order valence-electron chi connectivity index (χ2n) is 2.60. The summed E-state index contributed by atoms with van der Waals surface area (Å²) in [6.07, 6.45) is 0. The van der Waals surface area contributed by atoms with Gasteiger partial charge in [0.25, 0.3) is 5.91 Å². The summed E-state index contributed by atoms with van der Waals surface area (Å²) in [6, 6.07) is 0. The van der Waals surface area contributed by atoms with Crippen LogP contribution in [0.3, 0.4) is 0 Å². The van der Waals surface area contributed by atoms with Gasteiger partial charge in [0.2, 0.25) is 0 Å². The molecule has 0 spiro atoms. The number of hydrogen-bond donors (Lipinski definition) is 1. The number of amides is 1. The van der Waals surface area contributed by atoms with E-state index < -0.39 is 0 Å². The topological polar surface area (TPSA) is 38.3 Å². The lowest BCUT2D eigenvalue weighted by Gasteiger charge is -2.07. The molecule has 1 N–H and O–H groups in total. The Labute approximate surface area is 60.1 Å². The van der Waals surface area contributed by atoms with Crippen LogP contribution in [0.25, 0.3) is 0 Å². The molecule has 1 fully saturated rings. The lowest BCUT2D eigenvalue weighted by atomic mass is 9.95. The SMILES string of the molecule is CC1(C)CONC1=O.Cl. The Morgan fingerprint density at radius 3 is 2.33 bits per heavy atom. The molecule has 0 bridgehead atoms. The summed E-state index contributed by atoms with van der Waals surface area (Å²) in [5.41, 5.74) is 1.95. The third kappa shape index (κ3) is 1.56. The molecule has 0 aromatic rings. The summed E-state index contributed by atoms with van der Waals surface area (Å²) < 4.78 is 0. The average Bonchev–Trinajstić information content (AvgIpc) is 1.86.